The van der Waals surface area contributed by atoms with Gasteiger partial charge in [-0.3, -0.25) is 10.1 Å². The second-order valence-corrected chi connectivity index (χ2v) is 4.21. The van der Waals surface area contributed by atoms with Crippen molar-refractivity contribution >= 4 is 22.4 Å². The zero-order valence-corrected chi connectivity index (χ0v) is 9.63. The average Bonchev–Trinajstić information content (AvgIpc) is 2.65. The van der Waals surface area contributed by atoms with E-state index in [1.54, 1.807) is 12.1 Å². The molecule has 0 aliphatic heterocycles. The van der Waals surface area contributed by atoms with Gasteiger partial charge in [0.15, 0.2) is 0 Å². The van der Waals surface area contributed by atoms with Gasteiger partial charge in [-0.25, -0.2) is 0 Å². The number of nitro groups is 1. The lowest BCUT2D eigenvalue weighted by Gasteiger charge is -2.01. The van der Waals surface area contributed by atoms with Gasteiger partial charge in [-0.2, -0.15) is 0 Å². The molecule has 0 fully saturated rings. The van der Waals surface area contributed by atoms with Crippen molar-refractivity contribution in [3.8, 4) is 0 Å². The molecule has 1 N–H and O–H groups in total. The molecule has 0 aliphatic rings. The van der Waals surface area contributed by atoms with Gasteiger partial charge in [0.25, 0.3) is 0 Å². The predicted octanol–water partition coefficient (Wildman–Crippen LogP) is 2.67. The Morgan fingerprint density at radius 2 is 2.40 bits per heavy atom. The Kier molecular flexibility index (Phi) is 4.45. The van der Waals surface area contributed by atoms with E-state index in [0.29, 0.717) is 0 Å². The van der Waals surface area contributed by atoms with E-state index >= 15 is 0 Å². The summed E-state index contributed by atoms with van der Waals surface area (Å²) in [5.41, 5.74) is 1.24. The van der Waals surface area contributed by atoms with E-state index in [1.807, 2.05) is 13.1 Å². The SMILES string of the molecule is CC/C(=C/c1ccc([N+](=O)[O-])s1)CNC. The number of nitrogens with one attached hydrogen (secondary N) is 1. The van der Waals surface area contributed by atoms with Crippen LogP contribution in [0.4, 0.5) is 5.00 Å². The van der Waals surface area contributed by atoms with Crippen LogP contribution in [0.2, 0.25) is 0 Å². The van der Waals surface area contributed by atoms with Crippen molar-refractivity contribution in [2.75, 3.05) is 13.6 Å². The van der Waals surface area contributed by atoms with E-state index < -0.39 is 0 Å². The van der Waals surface area contributed by atoms with Crippen LogP contribution in [0.5, 0.6) is 0 Å². The molecule has 0 atom stereocenters. The van der Waals surface area contributed by atoms with Crippen LogP contribution in [0.1, 0.15) is 18.2 Å². The van der Waals surface area contributed by atoms with Crippen LogP contribution in [0.25, 0.3) is 6.08 Å². The molecule has 82 valence electrons. The summed E-state index contributed by atoms with van der Waals surface area (Å²) >= 11 is 1.21. The van der Waals surface area contributed by atoms with Crippen LogP contribution in [0, 0.1) is 10.1 Å². The highest BCUT2D eigenvalue weighted by molar-refractivity contribution is 7.16. The minimum atomic E-state index is -0.355. The first-order valence-corrected chi connectivity index (χ1v) is 5.57. The summed E-state index contributed by atoms with van der Waals surface area (Å²) in [5.74, 6) is 0. The van der Waals surface area contributed by atoms with Gasteiger partial charge in [0, 0.05) is 17.5 Å². The van der Waals surface area contributed by atoms with Crippen molar-refractivity contribution in [1.29, 1.82) is 0 Å². The van der Waals surface area contributed by atoms with Gasteiger partial charge in [-0.05, 0) is 25.6 Å². The summed E-state index contributed by atoms with van der Waals surface area (Å²) in [7, 11) is 1.89. The number of hydrogen-bond donors (Lipinski definition) is 1. The molecule has 0 aliphatic carbocycles. The third-order valence-corrected chi connectivity index (χ3v) is 2.98. The Morgan fingerprint density at radius 1 is 1.67 bits per heavy atom. The molecule has 0 bridgehead atoms. The number of rotatable bonds is 5. The quantitative estimate of drug-likeness (QED) is 0.620. The highest BCUT2D eigenvalue weighted by atomic mass is 32.1. The number of thiophene rings is 1. The Morgan fingerprint density at radius 3 is 2.87 bits per heavy atom. The second kappa shape index (κ2) is 5.63. The van der Waals surface area contributed by atoms with Crippen LogP contribution in [0.3, 0.4) is 0 Å². The van der Waals surface area contributed by atoms with Gasteiger partial charge >= 0.3 is 5.00 Å². The largest absolute Gasteiger partial charge is 0.324 e. The maximum absolute atomic E-state index is 10.5. The number of likely N-dealkylation sites (N-methyl/N-ethyl adjacent to an activating group) is 1. The van der Waals surface area contributed by atoms with E-state index in [4.69, 9.17) is 0 Å². The molecule has 0 saturated heterocycles. The van der Waals surface area contributed by atoms with Gasteiger partial charge in [-0.15, -0.1) is 0 Å². The third kappa shape index (κ3) is 3.45. The van der Waals surface area contributed by atoms with E-state index in [-0.39, 0.29) is 9.92 Å². The molecule has 1 rings (SSSR count). The topological polar surface area (TPSA) is 55.2 Å². The lowest BCUT2D eigenvalue weighted by Crippen LogP contribution is -2.09. The van der Waals surface area contributed by atoms with E-state index in [9.17, 15) is 10.1 Å². The van der Waals surface area contributed by atoms with Crippen molar-refractivity contribution in [3.63, 3.8) is 0 Å². The Bertz CT molecular complexity index is 371. The molecule has 1 aromatic heterocycles. The first-order chi connectivity index (χ1) is 7.17. The van der Waals surface area contributed by atoms with Crippen molar-refractivity contribution < 1.29 is 4.92 Å². The molecular formula is C10H14N2O2S. The first-order valence-electron chi connectivity index (χ1n) is 4.75. The predicted molar refractivity (Wildman–Crippen MR) is 63.2 cm³/mol. The summed E-state index contributed by atoms with van der Waals surface area (Å²) in [5, 5.41) is 13.7. The number of hydrogen-bond acceptors (Lipinski definition) is 4. The first kappa shape index (κ1) is 11.9. The van der Waals surface area contributed by atoms with E-state index in [2.05, 4.69) is 12.2 Å². The van der Waals surface area contributed by atoms with Crippen LogP contribution in [0.15, 0.2) is 17.7 Å². The minimum absolute atomic E-state index is 0.196. The molecule has 1 heterocycles. The fraction of sp³-hybridized carbons (Fsp3) is 0.400. The summed E-state index contributed by atoms with van der Waals surface area (Å²) in [6, 6.07) is 3.33. The zero-order valence-electron chi connectivity index (χ0n) is 8.82. The summed E-state index contributed by atoms with van der Waals surface area (Å²) < 4.78 is 0. The van der Waals surface area contributed by atoms with E-state index in [0.717, 1.165) is 17.8 Å². The van der Waals surface area contributed by atoms with Gasteiger partial charge in [0.05, 0.1) is 4.92 Å². The minimum Gasteiger partial charge on any atom is -0.316 e. The molecule has 1 aromatic rings. The fourth-order valence-corrected chi connectivity index (χ4v) is 2.04. The van der Waals surface area contributed by atoms with Gasteiger partial charge < -0.3 is 5.32 Å². The monoisotopic (exact) mass is 226 g/mol. The average molecular weight is 226 g/mol. The normalized spacial score (nSPS) is 11.7. The molecular weight excluding hydrogens is 212 g/mol. The number of nitrogens with zero attached hydrogens (tertiary/aromatic N) is 1. The Labute approximate surface area is 92.8 Å². The molecule has 15 heavy (non-hydrogen) atoms. The van der Waals surface area contributed by atoms with Crippen molar-refractivity contribution in [2.45, 2.75) is 13.3 Å². The zero-order chi connectivity index (χ0) is 11.3. The van der Waals surface area contributed by atoms with Crippen molar-refractivity contribution in [3.05, 3.63) is 32.7 Å². The molecule has 0 amide bonds. The molecule has 0 saturated carbocycles. The second-order valence-electron chi connectivity index (χ2n) is 3.12. The third-order valence-electron chi connectivity index (χ3n) is 2.00. The summed E-state index contributed by atoms with van der Waals surface area (Å²) in [6.45, 7) is 2.90. The maximum Gasteiger partial charge on any atom is 0.324 e. The molecule has 0 spiro atoms. The van der Waals surface area contributed by atoms with E-state index in [1.165, 1.54) is 16.9 Å². The smallest absolute Gasteiger partial charge is 0.316 e. The molecule has 0 aromatic carbocycles. The van der Waals surface area contributed by atoms with Crippen molar-refractivity contribution in [2.24, 2.45) is 0 Å². The van der Waals surface area contributed by atoms with Gasteiger partial charge in [-0.1, -0.05) is 23.8 Å². The van der Waals surface area contributed by atoms with Crippen molar-refractivity contribution in [1.82, 2.24) is 5.32 Å². The molecule has 5 heteroatoms. The molecule has 0 radical (unpaired) electrons. The van der Waals surface area contributed by atoms with Crippen LogP contribution in [-0.4, -0.2) is 18.5 Å². The lowest BCUT2D eigenvalue weighted by atomic mass is 10.2. The Hall–Kier alpha value is -1.20. The lowest BCUT2D eigenvalue weighted by molar-refractivity contribution is -0.380. The fourth-order valence-electron chi connectivity index (χ4n) is 1.22. The standard InChI is InChI=1S/C10H14N2O2S/c1-3-8(7-11-2)6-9-4-5-10(15-9)12(13)14/h4-6,11H,3,7H2,1-2H3/b8-6-. The Balaban J connectivity index is 2.82. The highest BCUT2D eigenvalue weighted by Crippen LogP contribution is 2.26. The highest BCUT2D eigenvalue weighted by Gasteiger charge is 2.08. The maximum atomic E-state index is 10.5. The summed E-state index contributed by atoms with van der Waals surface area (Å²) in [6.07, 6.45) is 2.96. The van der Waals surface area contributed by atoms with Crippen LogP contribution < -0.4 is 5.32 Å². The molecule has 4 nitrogen and oxygen atoms in total. The van der Waals surface area contributed by atoms with Crippen LogP contribution >= 0.6 is 11.3 Å². The van der Waals surface area contributed by atoms with Gasteiger partial charge in [0.1, 0.15) is 0 Å². The molecule has 0 unspecified atom stereocenters. The summed E-state index contributed by atoms with van der Waals surface area (Å²) in [4.78, 5) is 11.1. The van der Waals surface area contributed by atoms with Crippen LogP contribution in [-0.2, 0) is 0 Å². The van der Waals surface area contributed by atoms with Gasteiger partial charge in [0.2, 0.25) is 0 Å².